The van der Waals surface area contributed by atoms with E-state index in [2.05, 4.69) is 9.97 Å². The van der Waals surface area contributed by atoms with Crippen LogP contribution in [0, 0.1) is 6.92 Å². The van der Waals surface area contributed by atoms with Crippen molar-refractivity contribution < 1.29 is 4.79 Å². The Kier molecular flexibility index (Phi) is 3.26. The molecule has 1 aliphatic rings. The molecule has 0 spiro atoms. The van der Waals surface area contributed by atoms with Crippen LogP contribution in [0.2, 0.25) is 0 Å². The molecule has 0 aliphatic carbocycles. The lowest BCUT2D eigenvalue weighted by atomic mass is 9.99. The van der Waals surface area contributed by atoms with Crippen molar-refractivity contribution in [3.8, 4) is 0 Å². The van der Waals surface area contributed by atoms with E-state index in [4.69, 9.17) is 0 Å². The molecule has 92 valence electrons. The fourth-order valence-electron chi connectivity index (χ4n) is 2.34. The van der Waals surface area contributed by atoms with Gasteiger partial charge in [-0.05, 0) is 33.1 Å². The summed E-state index contributed by atoms with van der Waals surface area (Å²) in [5.41, 5.74) is -0.166. The summed E-state index contributed by atoms with van der Waals surface area (Å²) < 4.78 is 0. The van der Waals surface area contributed by atoms with Crippen LogP contribution in [0.3, 0.4) is 0 Å². The van der Waals surface area contributed by atoms with Crippen molar-refractivity contribution in [1.29, 1.82) is 0 Å². The van der Waals surface area contributed by atoms with Crippen molar-refractivity contribution in [2.75, 3.05) is 11.4 Å². The van der Waals surface area contributed by atoms with Gasteiger partial charge in [-0.2, -0.15) is 0 Å². The van der Waals surface area contributed by atoms with E-state index in [1.807, 2.05) is 4.90 Å². The Hall–Kier alpha value is -1.65. The van der Waals surface area contributed by atoms with Gasteiger partial charge in [-0.1, -0.05) is 0 Å². The lowest BCUT2D eigenvalue weighted by molar-refractivity contribution is -0.118. The van der Waals surface area contributed by atoms with Crippen LogP contribution in [0.4, 0.5) is 5.82 Å². The van der Waals surface area contributed by atoms with Gasteiger partial charge < -0.3 is 9.88 Å². The molecular weight excluding hydrogens is 218 g/mol. The molecule has 1 aromatic heterocycles. The number of anilines is 1. The number of nitrogens with zero attached hydrogens (tertiary/aromatic N) is 2. The van der Waals surface area contributed by atoms with E-state index in [0.29, 0.717) is 11.6 Å². The predicted octanol–water partition coefficient (Wildman–Crippen LogP) is 1.03. The van der Waals surface area contributed by atoms with Crippen molar-refractivity contribution in [2.24, 2.45) is 0 Å². The van der Waals surface area contributed by atoms with Gasteiger partial charge in [0, 0.05) is 12.6 Å². The minimum Gasteiger partial charge on any atom is -0.346 e. The third-order valence-electron chi connectivity index (χ3n) is 3.11. The van der Waals surface area contributed by atoms with E-state index in [1.165, 1.54) is 6.07 Å². The number of aromatic amines is 1. The normalized spacial score (nSPS) is 20.4. The van der Waals surface area contributed by atoms with Crippen molar-refractivity contribution in [3.63, 3.8) is 0 Å². The van der Waals surface area contributed by atoms with Gasteiger partial charge >= 0.3 is 0 Å². The second-order valence-corrected chi connectivity index (χ2v) is 4.50. The number of nitrogens with one attached hydrogen (secondary N) is 1. The zero-order valence-electron chi connectivity index (χ0n) is 10.2. The molecule has 1 fully saturated rings. The van der Waals surface area contributed by atoms with Gasteiger partial charge in [-0.3, -0.25) is 9.59 Å². The molecule has 0 bridgehead atoms. The highest BCUT2D eigenvalue weighted by Crippen LogP contribution is 2.22. The molecule has 1 atom stereocenters. The SMILES string of the molecule is CC(=O)C1CCCCN1c1cc(=O)[nH]c(C)n1. The van der Waals surface area contributed by atoms with Crippen molar-refractivity contribution in [3.05, 3.63) is 22.2 Å². The summed E-state index contributed by atoms with van der Waals surface area (Å²) in [6.45, 7) is 4.14. The van der Waals surface area contributed by atoms with E-state index < -0.39 is 0 Å². The Morgan fingerprint density at radius 2 is 2.29 bits per heavy atom. The maximum atomic E-state index is 11.6. The maximum Gasteiger partial charge on any atom is 0.252 e. The predicted molar refractivity (Wildman–Crippen MR) is 65.3 cm³/mol. The lowest BCUT2D eigenvalue weighted by Crippen LogP contribution is -2.44. The smallest absolute Gasteiger partial charge is 0.252 e. The average molecular weight is 235 g/mol. The van der Waals surface area contributed by atoms with Crippen LogP contribution in [0.25, 0.3) is 0 Å². The molecule has 2 rings (SSSR count). The standard InChI is InChI=1S/C12H17N3O2/c1-8(16)10-5-3-4-6-15(10)11-7-12(17)14-9(2)13-11/h7,10H,3-6H2,1-2H3,(H,13,14,17). The first kappa shape index (κ1) is 11.8. The number of rotatable bonds is 2. The third-order valence-corrected chi connectivity index (χ3v) is 3.11. The van der Waals surface area contributed by atoms with Gasteiger partial charge in [0.1, 0.15) is 11.6 Å². The number of piperidine rings is 1. The van der Waals surface area contributed by atoms with Crippen LogP contribution in [0.1, 0.15) is 32.0 Å². The zero-order chi connectivity index (χ0) is 12.4. The van der Waals surface area contributed by atoms with Gasteiger partial charge in [0.2, 0.25) is 0 Å². The van der Waals surface area contributed by atoms with E-state index in [0.717, 1.165) is 25.8 Å². The number of H-pyrrole nitrogens is 1. The number of Topliss-reactive ketones (excluding diaryl/α,β-unsaturated/α-hetero) is 1. The van der Waals surface area contributed by atoms with Gasteiger partial charge in [-0.15, -0.1) is 0 Å². The van der Waals surface area contributed by atoms with Crippen LogP contribution in [0.15, 0.2) is 10.9 Å². The highest BCUT2D eigenvalue weighted by atomic mass is 16.1. The molecule has 1 N–H and O–H groups in total. The summed E-state index contributed by atoms with van der Waals surface area (Å²) in [5, 5.41) is 0. The topological polar surface area (TPSA) is 66.1 Å². The van der Waals surface area contributed by atoms with E-state index >= 15 is 0 Å². The summed E-state index contributed by atoms with van der Waals surface area (Å²) in [6, 6.07) is 1.34. The second kappa shape index (κ2) is 4.69. The fraction of sp³-hybridized carbons (Fsp3) is 0.583. The quantitative estimate of drug-likeness (QED) is 0.831. The first-order valence-corrected chi connectivity index (χ1v) is 5.93. The van der Waals surface area contributed by atoms with Crippen molar-refractivity contribution >= 4 is 11.6 Å². The highest BCUT2D eigenvalue weighted by molar-refractivity contribution is 5.84. The Morgan fingerprint density at radius 3 is 2.94 bits per heavy atom. The third kappa shape index (κ3) is 2.54. The van der Waals surface area contributed by atoms with Crippen LogP contribution >= 0.6 is 0 Å². The monoisotopic (exact) mass is 235 g/mol. The van der Waals surface area contributed by atoms with E-state index in [-0.39, 0.29) is 17.4 Å². The molecule has 0 saturated carbocycles. The number of hydrogen-bond acceptors (Lipinski definition) is 4. The maximum absolute atomic E-state index is 11.6. The van der Waals surface area contributed by atoms with Gasteiger partial charge in [0.05, 0.1) is 6.04 Å². The summed E-state index contributed by atoms with van der Waals surface area (Å²) in [6.07, 6.45) is 2.95. The molecule has 2 heterocycles. The Labute approximate surface area is 99.9 Å². The molecule has 1 aromatic rings. The van der Waals surface area contributed by atoms with Gasteiger partial charge in [0.25, 0.3) is 5.56 Å². The summed E-state index contributed by atoms with van der Waals surface area (Å²) in [7, 11) is 0. The highest BCUT2D eigenvalue weighted by Gasteiger charge is 2.27. The number of aromatic nitrogens is 2. The molecule has 0 amide bonds. The fourth-order valence-corrected chi connectivity index (χ4v) is 2.34. The number of carbonyl (C=O) groups excluding carboxylic acids is 1. The molecule has 1 unspecified atom stereocenters. The second-order valence-electron chi connectivity index (χ2n) is 4.50. The zero-order valence-corrected chi connectivity index (χ0v) is 10.2. The molecule has 1 aliphatic heterocycles. The number of hydrogen-bond donors (Lipinski definition) is 1. The number of aryl methyl sites for hydroxylation is 1. The van der Waals surface area contributed by atoms with Gasteiger partial charge in [-0.25, -0.2) is 4.98 Å². The Morgan fingerprint density at radius 1 is 1.53 bits per heavy atom. The van der Waals surface area contributed by atoms with Crippen LogP contribution in [-0.2, 0) is 4.79 Å². The van der Waals surface area contributed by atoms with Crippen molar-refractivity contribution in [1.82, 2.24) is 9.97 Å². The summed E-state index contributed by atoms with van der Waals surface area (Å²) in [4.78, 5) is 31.9. The number of ketones is 1. The van der Waals surface area contributed by atoms with E-state index in [1.54, 1.807) is 13.8 Å². The molecule has 0 radical (unpaired) electrons. The minimum absolute atomic E-state index is 0.127. The molecule has 5 nitrogen and oxygen atoms in total. The largest absolute Gasteiger partial charge is 0.346 e. The molecule has 17 heavy (non-hydrogen) atoms. The molecule has 1 saturated heterocycles. The average Bonchev–Trinajstić information content (AvgIpc) is 2.27. The molecule has 5 heteroatoms. The van der Waals surface area contributed by atoms with Crippen molar-refractivity contribution in [2.45, 2.75) is 39.2 Å². The van der Waals surface area contributed by atoms with E-state index in [9.17, 15) is 9.59 Å². The number of carbonyl (C=O) groups is 1. The van der Waals surface area contributed by atoms with Gasteiger partial charge in [0.15, 0.2) is 5.78 Å². The molecule has 0 aromatic carbocycles. The van der Waals surface area contributed by atoms with Crippen LogP contribution < -0.4 is 10.5 Å². The minimum atomic E-state index is -0.166. The first-order chi connectivity index (χ1) is 8.08. The van der Waals surface area contributed by atoms with Crippen LogP contribution in [-0.4, -0.2) is 28.3 Å². The van der Waals surface area contributed by atoms with Crippen LogP contribution in [0.5, 0.6) is 0 Å². The first-order valence-electron chi connectivity index (χ1n) is 5.93. The molecular formula is C12H17N3O2. The Bertz CT molecular complexity index is 481. The summed E-state index contributed by atoms with van der Waals surface area (Å²) >= 11 is 0. The summed E-state index contributed by atoms with van der Waals surface area (Å²) in [5.74, 6) is 1.34. The Balaban J connectivity index is 2.35. The lowest BCUT2D eigenvalue weighted by Gasteiger charge is -2.34.